The minimum absolute atomic E-state index is 0.0858. The highest BCUT2D eigenvalue weighted by Crippen LogP contribution is 2.31. The van der Waals surface area contributed by atoms with Crippen LogP contribution >= 0.6 is 0 Å². The van der Waals surface area contributed by atoms with Crippen molar-refractivity contribution < 1.29 is 5.11 Å². The molecule has 0 bridgehead atoms. The van der Waals surface area contributed by atoms with Crippen molar-refractivity contribution >= 4 is 11.7 Å². The molecule has 20 heavy (non-hydrogen) atoms. The van der Waals surface area contributed by atoms with E-state index in [-0.39, 0.29) is 11.9 Å². The molecule has 0 atom stereocenters. The molecule has 0 unspecified atom stereocenters. The molecule has 0 radical (unpaired) electrons. The maximum absolute atomic E-state index is 9.38. The van der Waals surface area contributed by atoms with Crippen LogP contribution in [0.5, 0.6) is 0 Å². The van der Waals surface area contributed by atoms with Crippen LogP contribution in [-0.2, 0) is 12.8 Å². The number of nitrogens with one attached hydrogen (secondary N) is 1. The largest absolute Gasteiger partial charge is 0.393 e. The number of pyridine rings is 1. The molecule has 2 aliphatic rings. The van der Waals surface area contributed by atoms with Gasteiger partial charge in [-0.1, -0.05) is 0 Å². The number of aromatic nitrogens is 1. The number of nitrogens with zero attached hydrogens (tertiary/aromatic N) is 2. The number of hydrogen-bond donors (Lipinski definition) is 3. The third kappa shape index (κ3) is 2.38. The number of amidine groups is 1. The second kappa shape index (κ2) is 5.05. The van der Waals surface area contributed by atoms with Gasteiger partial charge in [-0.15, -0.1) is 0 Å². The number of aliphatic hydroxyl groups excluding tert-OH is 1. The number of nitrogens with two attached hydrogens (primary N) is 1. The molecule has 1 aromatic rings. The monoisotopic (exact) mass is 274 g/mol. The normalized spacial score (nSPS) is 24.1. The van der Waals surface area contributed by atoms with E-state index in [4.69, 9.17) is 16.1 Å². The van der Waals surface area contributed by atoms with E-state index in [1.807, 2.05) is 13.1 Å². The molecule has 0 aromatic carbocycles. The van der Waals surface area contributed by atoms with Crippen LogP contribution in [0.15, 0.2) is 6.07 Å². The predicted molar refractivity (Wildman–Crippen MR) is 79.3 cm³/mol. The van der Waals surface area contributed by atoms with Crippen LogP contribution in [0.25, 0.3) is 0 Å². The van der Waals surface area contributed by atoms with Gasteiger partial charge >= 0.3 is 0 Å². The molecule has 1 heterocycles. The Bertz CT molecular complexity index is 537. The van der Waals surface area contributed by atoms with Gasteiger partial charge in [-0.3, -0.25) is 5.41 Å². The Morgan fingerprint density at radius 2 is 2.25 bits per heavy atom. The van der Waals surface area contributed by atoms with Gasteiger partial charge in [0, 0.05) is 19.3 Å². The Morgan fingerprint density at radius 3 is 2.90 bits per heavy atom. The minimum atomic E-state index is -0.131. The summed E-state index contributed by atoms with van der Waals surface area (Å²) in [4.78, 5) is 6.84. The van der Waals surface area contributed by atoms with E-state index in [9.17, 15) is 5.11 Å². The van der Waals surface area contributed by atoms with Gasteiger partial charge in [0.15, 0.2) is 0 Å². The van der Waals surface area contributed by atoms with E-state index in [0.29, 0.717) is 5.92 Å². The van der Waals surface area contributed by atoms with E-state index >= 15 is 0 Å². The number of aryl methyl sites for hydroxylation is 2. The van der Waals surface area contributed by atoms with Gasteiger partial charge in [0.05, 0.1) is 11.7 Å². The standard InChI is InChI=1S/C15H22N4O/c1-19(8-9-5-11(20)6-9)15-12(14(16)17)7-10-3-2-4-13(10)18-15/h7,9,11,20H,2-6,8H2,1H3,(H3,16,17). The summed E-state index contributed by atoms with van der Waals surface area (Å²) in [5.74, 6) is 1.42. The van der Waals surface area contributed by atoms with Crippen LogP contribution in [0.3, 0.4) is 0 Å². The minimum Gasteiger partial charge on any atom is -0.393 e. The first-order chi connectivity index (χ1) is 9.54. The van der Waals surface area contributed by atoms with Crippen molar-refractivity contribution in [3.05, 3.63) is 22.9 Å². The first kappa shape index (κ1) is 13.4. The molecule has 5 heteroatoms. The molecule has 1 fully saturated rings. The second-order valence-electron chi connectivity index (χ2n) is 6.10. The maximum Gasteiger partial charge on any atom is 0.139 e. The summed E-state index contributed by atoms with van der Waals surface area (Å²) < 4.78 is 0. The lowest BCUT2D eigenvalue weighted by molar-refractivity contribution is 0.0464. The van der Waals surface area contributed by atoms with Crippen molar-refractivity contribution in [2.45, 2.75) is 38.2 Å². The van der Waals surface area contributed by atoms with Crippen LogP contribution < -0.4 is 10.6 Å². The van der Waals surface area contributed by atoms with E-state index in [2.05, 4.69) is 4.90 Å². The molecule has 0 spiro atoms. The van der Waals surface area contributed by atoms with Crippen molar-refractivity contribution in [3.8, 4) is 0 Å². The average Bonchev–Trinajstić information content (AvgIpc) is 2.82. The SMILES string of the molecule is CN(CC1CC(O)C1)c1nc2c(cc1C(=N)N)CCC2. The number of nitrogen functional groups attached to an aromatic ring is 1. The molecule has 0 saturated heterocycles. The number of hydrogen-bond acceptors (Lipinski definition) is 4. The molecule has 3 rings (SSSR count). The Labute approximate surface area is 119 Å². The summed E-state index contributed by atoms with van der Waals surface area (Å²) >= 11 is 0. The van der Waals surface area contributed by atoms with Gasteiger partial charge in [0.25, 0.3) is 0 Å². The van der Waals surface area contributed by atoms with E-state index in [1.165, 1.54) is 5.56 Å². The lowest BCUT2D eigenvalue weighted by Gasteiger charge is -2.35. The van der Waals surface area contributed by atoms with E-state index < -0.39 is 0 Å². The van der Waals surface area contributed by atoms with Crippen LogP contribution in [0.1, 0.15) is 36.1 Å². The molecular formula is C15H22N4O. The predicted octanol–water partition coefficient (Wildman–Crippen LogP) is 1.06. The first-order valence-electron chi connectivity index (χ1n) is 7.31. The number of aliphatic hydroxyl groups is 1. The quantitative estimate of drug-likeness (QED) is 0.566. The zero-order chi connectivity index (χ0) is 14.3. The molecule has 1 aromatic heterocycles. The molecular weight excluding hydrogens is 252 g/mol. The first-order valence-corrected chi connectivity index (χ1v) is 7.31. The summed E-state index contributed by atoms with van der Waals surface area (Å²) in [7, 11) is 2.00. The Hall–Kier alpha value is -1.62. The van der Waals surface area contributed by atoms with Gasteiger partial charge in [0.2, 0.25) is 0 Å². The Kier molecular flexibility index (Phi) is 3.38. The lowest BCUT2D eigenvalue weighted by atomic mass is 9.82. The van der Waals surface area contributed by atoms with Gasteiger partial charge in [-0.2, -0.15) is 0 Å². The maximum atomic E-state index is 9.38. The molecule has 4 N–H and O–H groups in total. The van der Waals surface area contributed by atoms with Crippen molar-refractivity contribution in [2.75, 3.05) is 18.5 Å². The van der Waals surface area contributed by atoms with Crippen molar-refractivity contribution in [2.24, 2.45) is 11.7 Å². The van der Waals surface area contributed by atoms with Crippen molar-refractivity contribution in [1.29, 1.82) is 5.41 Å². The molecule has 0 aliphatic heterocycles. The number of fused-ring (bicyclic) bond motifs is 1. The van der Waals surface area contributed by atoms with Crippen molar-refractivity contribution in [1.82, 2.24) is 4.98 Å². The fourth-order valence-electron chi connectivity index (χ4n) is 3.27. The topological polar surface area (TPSA) is 86.2 Å². The molecule has 5 nitrogen and oxygen atoms in total. The van der Waals surface area contributed by atoms with Gasteiger partial charge in [-0.05, 0) is 49.7 Å². The molecule has 2 aliphatic carbocycles. The van der Waals surface area contributed by atoms with Crippen LogP contribution in [0.4, 0.5) is 5.82 Å². The average molecular weight is 274 g/mol. The van der Waals surface area contributed by atoms with Crippen LogP contribution in [0, 0.1) is 11.3 Å². The van der Waals surface area contributed by atoms with Crippen LogP contribution in [-0.4, -0.2) is 35.6 Å². The third-order valence-electron chi connectivity index (χ3n) is 4.43. The van der Waals surface area contributed by atoms with E-state index in [1.54, 1.807) is 0 Å². The summed E-state index contributed by atoms with van der Waals surface area (Å²) in [5, 5.41) is 17.2. The van der Waals surface area contributed by atoms with Crippen LogP contribution in [0.2, 0.25) is 0 Å². The van der Waals surface area contributed by atoms with Gasteiger partial charge in [-0.25, -0.2) is 4.98 Å². The Morgan fingerprint density at radius 1 is 1.50 bits per heavy atom. The highest BCUT2D eigenvalue weighted by molar-refractivity contribution is 5.99. The summed E-state index contributed by atoms with van der Waals surface area (Å²) in [6.45, 7) is 0.864. The highest BCUT2D eigenvalue weighted by Gasteiger charge is 2.29. The zero-order valence-electron chi connectivity index (χ0n) is 11.9. The second-order valence-corrected chi connectivity index (χ2v) is 6.10. The van der Waals surface area contributed by atoms with Gasteiger partial charge in [0.1, 0.15) is 11.7 Å². The zero-order valence-corrected chi connectivity index (χ0v) is 11.9. The molecule has 108 valence electrons. The Balaban J connectivity index is 1.85. The van der Waals surface area contributed by atoms with E-state index in [0.717, 1.165) is 55.7 Å². The van der Waals surface area contributed by atoms with Crippen molar-refractivity contribution in [3.63, 3.8) is 0 Å². The fraction of sp³-hybridized carbons (Fsp3) is 0.600. The fourth-order valence-corrected chi connectivity index (χ4v) is 3.27. The number of anilines is 1. The lowest BCUT2D eigenvalue weighted by Crippen LogP contribution is -2.38. The number of rotatable bonds is 4. The third-order valence-corrected chi connectivity index (χ3v) is 4.43. The smallest absolute Gasteiger partial charge is 0.139 e. The van der Waals surface area contributed by atoms with Gasteiger partial charge < -0.3 is 15.7 Å². The molecule has 0 amide bonds. The summed E-state index contributed by atoms with van der Waals surface area (Å²) in [6.07, 6.45) is 4.81. The highest BCUT2D eigenvalue weighted by atomic mass is 16.3. The molecule has 1 saturated carbocycles. The summed E-state index contributed by atoms with van der Waals surface area (Å²) in [5.41, 5.74) is 8.87. The summed E-state index contributed by atoms with van der Waals surface area (Å²) in [6, 6.07) is 2.04.